The van der Waals surface area contributed by atoms with Gasteiger partial charge in [-0.15, -0.1) is 0 Å². The summed E-state index contributed by atoms with van der Waals surface area (Å²) in [5, 5.41) is 2.88. The molecule has 1 aliphatic rings. The lowest BCUT2D eigenvalue weighted by molar-refractivity contribution is -0.116. The number of nitrogens with zero attached hydrogens (tertiary/aromatic N) is 1. The number of carbonyl (C=O) groups is 1. The summed E-state index contributed by atoms with van der Waals surface area (Å²) in [6.45, 7) is 6.58. The van der Waals surface area contributed by atoms with Crippen LogP contribution in [0.3, 0.4) is 0 Å². The smallest absolute Gasteiger partial charge is 0.224 e. The van der Waals surface area contributed by atoms with Crippen molar-refractivity contribution in [3.63, 3.8) is 0 Å². The molecule has 1 amide bonds. The molecule has 0 aliphatic carbocycles. The van der Waals surface area contributed by atoms with Crippen LogP contribution in [0.5, 0.6) is 0 Å². The quantitative estimate of drug-likeness (QED) is 0.904. The molecule has 0 radical (unpaired) electrons. The zero-order valence-electron chi connectivity index (χ0n) is 13.4. The molecule has 1 aliphatic heterocycles. The average Bonchev–Trinajstić information content (AvgIpc) is 2.45. The molecular weight excluding hydrogens is 300 g/mol. The van der Waals surface area contributed by atoms with E-state index in [1.807, 2.05) is 32.0 Å². The molecule has 0 unspecified atom stereocenters. The van der Waals surface area contributed by atoms with E-state index in [2.05, 4.69) is 5.32 Å². The third kappa shape index (κ3) is 4.08. The molecule has 1 aromatic rings. The van der Waals surface area contributed by atoms with Gasteiger partial charge in [-0.05, 0) is 42.5 Å². The number of hydrogen-bond acceptors (Lipinski definition) is 3. The molecule has 1 N–H and O–H groups in total. The predicted molar refractivity (Wildman–Crippen MR) is 88.1 cm³/mol. The molecule has 22 heavy (non-hydrogen) atoms. The van der Waals surface area contributed by atoms with Crippen molar-refractivity contribution in [1.29, 1.82) is 0 Å². The fourth-order valence-electron chi connectivity index (χ4n) is 2.61. The Morgan fingerprint density at radius 3 is 2.68 bits per heavy atom. The van der Waals surface area contributed by atoms with Crippen LogP contribution in [0.1, 0.15) is 38.3 Å². The molecule has 0 aromatic heterocycles. The third-order valence-electron chi connectivity index (χ3n) is 3.82. The van der Waals surface area contributed by atoms with Crippen LogP contribution in [0.25, 0.3) is 0 Å². The molecule has 2 rings (SSSR count). The Morgan fingerprint density at radius 1 is 1.32 bits per heavy atom. The summed E-state index contributed by atoms with van der Waals surface area (Å²) in [7, 11) is -3.17. The molecule has 122 valence electrons. The summed E-state index contributed by atoms with van der Waals surface area (Å²) < 4.78 is 25.5. The van der Waals surface area contributed by atoms with Gasteiger partial charge in [-0.3, -0.25) is 4.79 Å². The number of fused-ring (bicyclic) bond motifs is 1. The largest absolute Gasteiger partial charge is 0.326 e. The van der Waals surface area contributed by atoms with Crippen LogP contribution in [-0.2, 0) is 27.8 Å². The molecule has 0 bridgehead atoms. The summed E-state index contributed by atoms with van der Waals surface area (Å²) in [5.74, 6) is 0.416. The number of anilines is 1. The normalized spacial score (nSPS) is 15.6. The number of amides is 1. The van der Waals surface area contributed by atoms with Crippen molar-refractivity contribution in [2.75, 3.05) is 17.6 Å². The van der Waals surface area contributed by atoms with Crippen LogP contribution in [0.15, 0.2) is 18.2 Å². The van der Waals surface area contributed by atoms with Gasteiger partial charge in [0.15, 0.2) is 0 Å². The zero-order valence-corrected chi connectivity index (χ0v) is 14.2. The fraction of sp³-hybridized carbons (Fsp3) is 0.562. The van der Waals surface area contributed by atoms with E-state index in [1.54, 1.807) is 6.92 Å². The van der Waals surface area contributed by atoms with Gasteiger partial charge < -0.3 is 5.32 Å². The lowest BCUT2D eigenvalue weighted by Gasteiger charge is -2.28. The Labute approximate surface area is 132 Å². The first-order valence-corrected chi connectivity index (χ1v) is 9.32. The highest BCUT2D eigenvalue weighted by Gasteiger charge is 2.25. The van der Waals surface area contributed by atoms with Crippen molar-refractivity contribution >= 4 is 21.6 Å². The van der Waals surface area contributed by atoms with Gasteiger partial charge in [0.25, 0.3) is 0 Å². The SMILES string of the molecule is CCS(=O)(=O)N1CCc2ccc(NC(=O)CC(C)C)cc2C1. The summed E-state index contributed by atoms with van der Waals surface area (Å²) in [6.07, 6.45) is 1.20. The van der Waals surface area contributed by atoms with Gasteiger partial charge in [0, 0.05) is 25.2 Å². The third-order valence-corrected chi connectivity index (χ3v) is 5.65. The molecule has 1 aromatic carbocycles. The molecule has 0 fully saturated rings. The van der Waals surface area contributed by atoms with Gasteiger partial charge in [-0.2, -0.15) is 4.31 Å². The average molecular weight is 324 g/mol. The summed E-state index contributed by atoms with van der Waals surface area (Å²) >= 11 is 0. The summed E-state index contributed by atoms with van der Waals surface area (Å²) in [4.78, 5) is 11.8. The number of hydrogen-bond donors (Lipinski definition) is 1. The lowest BCUT2D eigenvalue weighted by Crippen LogP contribution is -2.36. The topological polar surface area (TPSA) is 66.5 Å². The Hall–Kier alpha value is -1.40. The van der Waals surface area contributed by atoms with Gasteiger partial charge in [-0.25, -0.2) is 8.42 Å². The van der Waals surface area contributed by atoms with Gasteiger partial charge >= 0.3 is 0 Å². The fourth-order valence-corrected chi connectivity index (χ4v) is 3.68. The van der Waals surface area contributed by atoms with Gasteiger partial charge in [0.2, 0.25) is 15.9 Å². The minimum absolute atomic E-state index is 0.0104. The van der Waals surface area contributed by atoms with Crippen molar-refractivity contribution in [3.8, 4) is 0 Å². The van der Waals surface area contributed by atoms with E-state index in [9.17, 15) is 13.2 Å². The molecular formula is C16H24N2O3S. The van der Waals surface area contributed by atoms with Crippen molar-refractivity contribution < 1.29 is 13.2 Å². The minimum atomic E-state index is -3.17. The van der Waals surface area contributed by atoms with Crippen molar-refractivity contribution in [2.24, 2.45) is 5.92 Å². The van der Waals surface area contributed by atoms with Crippen molar-refractivity contribution in [1.82, 2.24) is 4.31 Å². The number of benzene rings is 1. The maximum atomic E-state index is 12.0. The van der Waals surface area contributed by atoms with E-state index in [-0.39, 0.29) is 11.7 Å². The van der Waals surface area contributed by atoms with Crippen LogP contribution >= 0.6 is 0 Å². The minimum Gasteiger partial charge on any atom is -0.326 e. The van der Waals surface area contributed by atoms with Crippen LogP contribution in [0.2, 0.25) is 0 Å². The second-order valence-corrected chi connectivity index (χ2v) is 8.37. The van der Waals surface area contributed by atoms with Crippen LogP contribution in [0.4, 0.5) is 5.69 Å². The summed E-state index contributed by atoms with van der Waals surface area (Å²) in [6, 6.07) is 5.77. The number of sulfonamides is 1. The predicted octanol–water partition coefficient (Wildman–Crippen LogP) is 2.38. The number of rotatable bonds is 5. The Kier molecular flexibility index (Phi) is 5.24. The van der Waals surface area contributed by atoms with E-state index in [0.29, 0.717) is 25.4 Å². The molecule has 0 spiro atoms. The molecule has 0 saturated heterocycles. The molecule has 6 heteroatoms. The van der Waals surface area contributed by atoms with Gasteiger partial charge in [0.05, 0.1) is 5.75 Å². The number of carbonyl (C=O) groups excluding carboxylic acids is 1. The first-order chi connectivity index (χ1) is 10.3. The molecule has 0 saturated carbocycles. The van der Waals surface area contributed by atoms with Crippen molar-refractivity contribution in [2.45, 2.75) is 40.2 Å². The van der Waals surface area contributed by atoms with Crippen LogP contribution < -0.4 is 5.32 Å². The van der Waals surface area contributed by atoms with E-state index >= 15 is 0 Å². The number of nitrogens with one attached hydrogen (secondary N) is 1. The van der Waals surface area contributed by atoms with E-state index in [4.69, 9.17) is 0 Å². The highest BCUT2D eigenvalue weighted by atomic mass is 32.2. The van der Waals surface area contributed by atoms with E-state index in [0.717, 1.165) is 23.2 Å². The summed E-state index contributed by atoms with van der Waals surface area (Å²) in [5.41, 5.74) is 2.87. The second kappa shape index (κ2) is 6.79. The lowest BCUT2D eigenvalue weighted by atomic mass is 10.0. The molecule has 5 nitrogen and oxygen atoms in total. The second-order valence-electron chi connectivity index (χ2n) is 6.11. The monoisotopic (exact) mass is 324 g/mol. The Bertz CT molecular complexity index is 653. The zero-order chi connectivity index (χ0) is 16.3. The standard InChI is InChI=1S/C16H24N2O3S/c1-4-22(20,21)18-8-7-13-5-6-15(10-14(13)11-18)17-16(19)9-12(2)3/h5-6,10,12H,4,7-9,11H2,1-3H3,(H,17,19). The highest BCUT2D eigenvalue weighted by Crippen LogP contribution is 2.24. The van der Waals surface area contributed by atoms with Gasteiger partial charge in [0.1, 0.15) is 0 Å². The first kappa shape index (κ1) is 17.0. The van der Waals surface area contributed by atoms with Crippen LogP contribution in [0, 0.1) is 5.92 Å². The maximum Gasteiger partial charge on any atom is 0.224 e. The van der Waals surface area contributed by atoms with E-state index in [1.165, 1.54) is 4.31 Å². The Balaban J connectivity index is 2.14. The van der Waals surface area contributed by atoms with Crippen LogP contribution in [-0.4, -0.2) is 30.9 Å². The molecule has 1 heterocycles. The van der Waals surface area contributed by atoms with E-state index < -0.39 is 10.0 Å². The first-order valence-electron chi connectivity index (χ1n) is 7.71. The molecule has 0 atom stereocenters. The van der Waals surface area contributed by atoms with Crippen molar-refractivity contribution in [3.05, 3.63) is 29.3 Å². The highest BCUT2D eigenvalue weighted by molar-refractivity contribution is 7.89. The Morgan fingerprint density at radius 2 is 2.05 bits per heavy atom. The van der Waals surface area contributed by atoms with Gasteiger partial charge in [-0.1, -0.05) is 19.9 Å². The maximum absolute atomic E-state index is 12.0.